The van der Waals surface area contributed by atoms with Gasteiger partial charge in [-0.3, -0.25) is 4.90 Å². The van der Waals surface area contributed by atoms with E-state index in [9.17, 15) is 0 Å². The Balaban J connectivity index is 1.78. The zero-order valence-electron chi connectivity index (χ0n) is 13.6. The molecule has 4 atom stereocenters. The first-order chi connectivity index (χ1) is 10.2. The van der Waals surface area contributed by atoms with E-state index in [-0.39, 0.29) is 0 Å². The standard InChI is InChI=1S/C19H30N2/c1-15-7-6-10-18(12-11-15)21-14-16(2)20-13-19(21)17-8-4-3-5-9-17/h3-5,8-9,15-16,18-20H,6-7,10-14H2,1-2H3. The summed E-state index contributed by atoms with van der Waals surface area (Å²) in [5.74, 6) is 0.922. The molecule has 1 saturated heterocycles. The average Bonchev–Trinajstić information content (AvgIpc) is 2.73. The SMILES string of the molecule is CC1CCCC(N2CC(C)NCC2c2ccccc2)CC1. The molecule has 116 valence electrons. The molecule has 2 nitrogen and oxygen atoms in total. The van der Waals surface area contributed by atoms with E-state index in [1.54, 1.807) is 0 Å². The van der Waals surface area contributed by atoms with Gasteiger partial charge in [-0.05, 0) is 37.7 Å². The van der Waals surface area contributed by atoms with E-state index in [1.807, 2.05) is 0 Å². The molecule has 1 N–H and O–H groups in total. The molecular weight excluding hydrogens is 256 g/mol. The number of nitrogens with one attached hydrogen (secondary N) is 1. The van der Waals surface area contributed by atoms with Crippen LogP contribution in [-0.4, -0.2) is 30.1 Å². The first kappa shape index (κ1) is 15.1. The summed E-state index contributed by atoms with van der Waals surface area (Å²) in [6, 6.07) is 13.0. The van der Waals surface area contributed by atoms with Crippen molar-refractivity contribution in [1.29, 1.82) is 0 Å². The fourth-order valence-corrected chi connectivity index (χ4v) is 4.13. The average molecular weight is 286 g/mol. The van der Waals surface area contributed by atoms with Crippen molar-refractivity contribution in [3.05, 3.63) is 35.9 Å². The Morgan fingerprint density at radius 3 is 2.62 bits per heavy atom. The maximum atomic E-state index is 3.68. The van der Waals surface area contributed by atoms with Crippen molar-refractivity contribution in [1.82, 2.24) is 10.2 Å². The fraction of sp³-hybridized carbons (Fsp3) is 0.684. The quantitative estimate of drug-likeness (QED) is 0.827. The molecule has 1 aromatic rings. The topological polar surface area (TPSA) is 15.3 Å². The molecule has 2 heteroatoms. The lowest BCUT2D eigenvalue weighted by molar-refractivity contribution is 0.0758. The molecule has 1 aliphatic carbocycles. The maximum Gasteiger partial charge on any atom is 0.0476 e. The van der Waals surface area contributed by atoms with Gasteiger partial charge < -0.3 is 5.32 Å². The lowest BCUT2D eigenvalue weighted by Crippen LogP contribution is -2.54. The van der Waals surface area contributed by atoms with Gasteiger partial charge in [-0.1, -0.05) is 50.1 Å². The molecular formula is C19H30N2. The van der Waals surface area contributed by atoms with Crippen molar-refractivity contribution in [2.24, 2.45) is 5.92 Å². The van der Waals surface area contributed by atoms with Crippen LogP contribution in [0.5, 0.6) is 0 Å². The Bertz CT molecular complexity index is 430. The predicted octanol–water partition coefficient (Wildman–Crippen LogP) is 3.99. The summed E-state index contributed by atoms with van der Waals surface area (Å²) in [4.78, 5) is 2.81. The van der Waals surface area contributed by atoms with Gasteiger partial charge in [0.1, 0.15) is 0 Å². The number of hydrogen-bond acceptors (Lipinski definition) is 2. The molecule has 21 heavy (non-hydrogen) atoms. The molecule has 3 rings (SSSR count). The lowest BCUT2D eigenvalue weighted by Gasteiger charge is -2.44. The van der Waals surface area contributed by atoms with Gasteiger partial charge in [-0.2, -0.15) is 0 Å². The molecule has 4 unspecified atom stereocenters. The molecule has 1 heterocycles. The molecule has 0 amide bonds. The van der Waals surface area contributed by atoms with Crippen molar-refractivity contribution in [2.45, 2.75) is 64.1 Å². The van der Waals surface area contributed by atoms with Gasteiger partial charge in [0.15, 0.2) is 0 Å². The van der Waals surface area contributed by atoms with Crippen LogP contribution in [0.4, 0.5) is 0 Å². The molecule has 2 fully saturated rings. The number of rotatable bonds is 2. The third kappa shape index (κ3) is 3.67. The van der Waals surface area contributed by atoms with E-state index in [0.717, 1.165) is 18.5 Å². The zero-order chi connectivity index (χ0) is 14.7. The highest BCUT2D eigenvalue weighted by molar-refractivity contribution is 5.20. The van der Waals surface area contributed by atoms with E-state index in [0.29, 0.717) is 12.1 Å². The molecule has 0 spiro atoms. The molecule has 1 aliphatic heterocycles. The minimum absolute atomic E-state index is 0.556. The Labute approximate surface area is 129 Å². The summed E-state index contributed by atoms with van der Waals surface area (Å²) < 4.78 is 0. The van der Waals surface area contributed by atoms with Crippen LogP contribution in [0.3, 0.4) is 0 Å². The minimum Gasteiger partial charge on any atom is -0.311 e. The largest absolute Gasteiger partial charge is 0.311 e. The Morgan fingerprint density at radius 2 is 1.81 bits per heavy atom. The van der Waals surface area contributed by atoms with Crippen molar-refractivity contribution in [3.8, 4) is 0 Å². The molecule has 1 saturated carbocycles. The second-order valence-electron chi connectivity index (χ2n) is 7.20. The molecule has 2 aliphatic rings. The molecule has 0 aromatic heterocycles. The normalized spacial score (nSPS) is 35.3. The van der Waals surface area contributed by atoms with Crippen LogP contribution in [0.15, 0.2) is 30.3 Å². The van der Waals surface area contributed by atoms with Gasteiger partial charge in [-0.15, -0.1) is 0 Å². The number of hydrogen-bond donors (Lipinski definition) is 1. The van der Waals surface area contributed by atoms with Gasteiger partial charge in [0.25, 0.3) is 0 Å². The summed E-state index contributed by atoms with van der Waals surface area (Å²) in [5, 5.41) is 3.68. The van der Waals surface area contributed by atoms with Crippen LogP contribution >= 0.6 is 0 Å². The first-order valence-electron chi connectivity index (χ1n) is 8.78. The summed E-state index contributed by atoms with van der Waals surface area (Å²) >= 11 is 0. The summed E-state index contributed by atoms with van der Waals surface area (Å²) in [7, 11) is 0. The predicted molar refractivity (Wildman–Crippen MR) is 89.4 cm³/mol. The third-order valence-corrected chi connectivity index (χ3v) is 5.42. The number of nitrogens with zero attached hydrogens (tertiary/aromatic N) is 1. The lowest BCUT2D eigenvalue weighted by atomic mass is 9.96. The van der Waals surface area contributed by atoms with Gasteiger partial charge in [0.2, 0.25) is 0 Å². The second-order valence-corrected chi connectivity index (χ2v) is 7.20. The summed E-state index contributed by atoms with van der Waals surface area (Å²) in [6.45, 7) is 7.04. The minimum atomic E-state index is 0.556. The van der Waals surface area contributed by atoms with Crippen LogP contribution in [0.2, 0.25) is 0 Å². The third-order valence-electron chi connectivity index (χ3n) is 5.42. The van der Waals surface area contributed by atoms with Gasteiger partial charge in [-0.25, -0.2) is 0 Å². The Kier molecular flexibility index (Phi) is 4.97. The Hall–Kier alpha value is -0.860. The van der Waals surface area contributed by atoms with E-state index < -0.39 is 0 Å². The van der Waals surface area contributed by atoms with Crippen LogP contribution in [0, 0.1) is 5.92 Å². The van der Waals surface area contributed by atoms with Gasteiger partial charge in [0, 0.05) is 31.2 Å². The summed E-state index contributed by atoms with van der Waals surface area (Å²) in [5.41, 5.74) is 1.48. The van der Waals surface area contributed by atoms with Gasteiger partial charge >= 0.3 is 0 Å². The molecule has 0 radical (unpaired) electrons. The first-order valence-corrected chi connectivity index (χ1v) is 8.78. The van der Waals surface area contributed by atoms with Crippen LogP contribution < -0.4 is 5.32 Å². The van der Waals surface area contributed by atoms with Crippen LogP contribution in [-0.2, 0) is 0 Å². The molecule has 1 aromatic carbocycles. The van der Waals surface area contributed by atoms with E-state index in [1.165, 1.54) is 44.2 Å². The van der Waals surface area contributed by atoms with Crippen LogP contribution in [0.25, 0.3) is 0 Å². The number of piperazine rings is 1. The highest BCUT2D eigenvalue weighted by Gasteiger charge is 2.32. The van der Waals surface area contributed by atoms with E-state index in [4.69, 9.17) is 0 Å². The van der Waals surface area contributed by atoms with E-state index >= 15 is 0 Å². The fourth-order valence-electron chi connectivity index (χ4n) is 4.13. The molecule has 0 bridgehead atoms. The number of benzene rings is 1. The zero-order valence-corrected chi connectivity index (χ0v) is 13.6. The Morgan fingerprint density at radius 1 is 1.00 bits per heavy atom. The van der Waals surface area contributed by atoms with Crippen molar-refractivity contribution in [3.63, 3.8) is 0 Å². The maximum absolute atomic E-state index is 3.68. The van der Waals surface area contributed by atoms with Crippen molar-refractivity contribution < 1.29 is 0 Å². The van der Waals surface area contributed by atoms with Crippen LogP contribution in [0.1, 0.15) is 57.6 Å². The highest BCUT2D eigenvalue weighted by Crippen LogP contribution is 2.32. The van der Waals surface area contributed by atoms with Gasteiger partial charge in [0.05, 0.1) is 0 Å². The summed E-state index contributed by atoms with van der Waals surface area (Å²) in [6.07, 6.45) is 7.02. The second kappa shape index (κ2) is 6.93. The van der Waals surface area contributed by atoms with E-state index in [2.05, 4.69) is 54.4 Å². The highest BCUT2D eigenvalue weighted by atomic mass is 15.3. The monoisotopic (exact) mass is 286 g/mol. The van der Waals surface area contributed by atoms with Crippen molar-refractivity contribution >= 4 is 0 Å². The van der Waals surface area contributed by atoms with Crippen molar-refractivity contribution in [2.75, 3.05) is 13.1 Å². The smallest absolute Gasteiger partial charge is 0.0476 e.